The summed E-state index contributed by atoms with van der Waals surface area (Å²) in [7, 11) is 0. The van der Waals surface area contributed by atoms with Crippen LogP contribution >= 0.6 is 22.9 Å². The van der Waals surface area contributed by atoms with Crippen molar-refractivity contribution in [2.75, 3.05) is 6.61 Å². The maximum Gasteiger partial charge on any atom is 0.123 e. The van der Waals surface area contributed by atoms with Gasteiger partial charge in [0.2, 0.25) is 0 Å². The number of rotatable bonds is 5. The average molecular weight is 466 g/mol. The predicted molar refractivity (Wildman–Crippen MR) is 114 cm³/mol. The van der Waals surface area contributed by atoms with Crippen molar-refractivity contribution in [1.29, 1.82) is 0 Å². The molecule has 1 saturated heterocycles. The van der Waals surface area contributed by atoms with Gasteiger partial charge in [-0.2, -0.15) is 0 Å². The SMILES string of the molecule is OC[C@H]1O[C@@H](c2ccc(Cl)c(Cc3cnc(-c4ccc(F)cc4)s3)c2)[C@H](O)[C@@H](O)[C@@H]1O. The Kier molecular flexibility index (Phi) is 6.68. The molecule has 1 fully saturated rings. The molecule has 31 heavy (non-hydrogen) atoms. The van der Waals surface area contributed by atoms with Crippen LogP contribution in [0.2, 0.25) is 5.02 Å². The maximum atomic E-state index is 13.1. The summed E-state index contributed by atoms with van der Waals surface area (Å²) in [6.07, 6.45) is -3.92. The monoisotopic (exact) mass is 465 g/mol. The van der Waals surface area contributed by atoms with Gasteiger partial charge < -0.3 is 25.2 Å². The Labute approximate surface area is 187 Å². The fourth-order valence-electron chi connectivity index (χ4n) is 3.59. The second-order valence-corrected chi connectivity index (χ2v) is 8.94. The third-order valence-electron chi connectivity index (χ3n) is 5.30. The van der Waals surface area contributed by atoms with Crippen molar-refractivity contribution >= 4 is 22.9 Å². The molecule has 0 radical (unpaired) electrons. The Hall–Kier alpha value is -1.91. The molecule has 2 heterocycles. The van der Waals surface area contributed by atoms with Crippen molar-refractivity contribution < 1.29 is 29.6 Å². The van der Waals surface area contributed by atoms with Gasteiger partial charge in [0.15, 0.2) is 0 Å². The topological polar surface area (TPSA) is 103 Å². The highest BCUT2D eigenvalue weighted by Gasteiger charge is 2.44. The number of halogens is 2. The van der Waals surface area contributed by atoms with Crippen LogP contribution in [-0.2, 0) is 11.2 Å². The highest BCUT2D eigenvalue weighted by Crippen LogP contribution is 2.35. The summed E-state index contributed by atoms with van der Waals surface area (Å²) < 4.78 is 18.8. The van der Waals surface area contributed by atoms with Gasteiger partial charge in [0.25, 0.3) is 0 Å². The number of aromatic nitrogens is 1. The lowest BCUT2D eigenvalue weighted by Crippen LogP contribution is -2.55. The van der Waals surface area contributed by atoms with Crippen LogP contribution in [0.3, 0.4) is 0 Å². The summed E-state index contributed by atoms with van der Waals surface area (Å²) in [5.41, 5.74) is 2.16. The fourth-order valence-corrected chi connectivity index (χ4v) is 4.71. The first-order valence-corrected chi connectivity index (χ1v) is 10.9. The van der Waals surface area contributed by atoms with Crippen LogP contribution < -0.4 is 0 Å². The van der Waals surface area contributed by atoms with E-state index >= 15 is 0 Å². The van der Waals surface area contributed by atoms with Crippen LogP contribution in [0.1, 0.15) is 22.1 Å². The van der Waals surface area contributed by atoms with E-state index in [0.29, 0.717) is 17.0 Å². The Balaban J connectivity index is 1.57. The predicted octanol–water partition coefficient (Wildman–Crippen LogP) is 2.71. The van der Waals surface area contributed by atoms with Crippen molar-refractivity contribution in [3.8, 4) is 10.6 Å². The van der Waals surface area contributed by atoms with Crippen LogP contribution in [0.5, 0.6) is 0 Å². The largest absolute Gasteiger partial charge is 0.394 e. The molecule has 3 aromatic rings. The lowest BCUT2D eigenvalue weighted by Gasteiger charge is -2.40. The first-order chi connectivity index (χ1) is 14.9. The molecule has 164 valence electrons. The van der Waals surface area contributed by atoms with E-state index in [9.17, 15) is 24.8 Å². The van der Waals surface area contributed by atoms with Gasteiger partial charge in [-0.3, -0.25) is 0 Å². The number of nitrogens with zero attached hydrogens (tertiary/aromatic N) is 1. The number of benzene rings is 2. The molecule has 1 aromatic heterocycles. The number of hydrogen-bond acceptors (Lipinski definition) is 7. The van der Waals surface area contributed by atoms with E-state index < -0.39 is 37.1 Å². The molecular formula is C22H21ClFNO5S. The van der Waals surface area contributed by atoms with Crippen molar-refractivity contribution in [1.82, 2.24) is 4.98 Å². The molecule has 0 unspecified atom stereocenters. The zero-order chi connectivity index (χ0) is 22.1. The van der Waals surface area contributed by atoms with E-state index in [0.717, 1.165) is 21.0 Å². The van der Waals surface area contributed by atoms with Crippen LogP contribution in [0.4, 0.5) is 4.39 Å². The van der Waals surface area contributed by atoms with Crippen LogP contribution in [-0.4, -0.2) is 56.4 Å². The van der Waals surface area contributed by atoms with Gasteiger partial charge in [-0.1, -0.05) is 23.7 Å². The number of aliphatic hydroxyl groups is 4. The molecule has 0 bridgehead atoms. The minimum atomic E-state index is -1.45. The van der Waals surface area contributed by atoms with Crippen molar-refractivity contribution in [3.05, 3.63) is 75.5 Å². The van der Waals surface area contributed by atoms with Gasteiger partial charge in [-0.25, -0.2) is 9.37 Å². The van der Waals surface area contributed by atoms with E-state index in [1.165, 1.54) is 23.5 Å². The highest BCUT2D eigenvalue weighted by atomic mass is 35.5. The summed E-state index contributed by atoms with van der Waals surface area (Å²) in [4.78, 5) is 5.34. The molecule has 2 aromatic carbocycles. The second kappa shape index (κ2) is 9.30. The summed E-state index contributed by atoms with van der Waals surface area (Å²) in [5.74, 6) is -0.308. The molecule has 1 aliphatic heterocycles. The minimum absolute atomic E-state index is 0.308. The Morgan fingerprint density at radius 1 is 1.03 bits per heavy atom. The first kappa shape index (κ1) is 22.3. The molecule has 0 aliphatic carbocycles. The van der Waals surface area contributed by atoms with Gasteiger partial charge in [0, 0.05) is 28.1 Å². The van der Waals surface area contributed by atoms with E-state index in [2.05, 4.69) is 4.98 Å². The maximum absolute atomic E-state index is 13.1. The molecule has 1 aliphatic rings. The minimum Gasteiger partial charge on any atom is -0.394 e. The van der Waals surface area contributed by atoms with Gasteiger partial charge in [-0.15, -0.1) is 11.3 Å². The number of hydrogen-bond donors (Lipinski definition) is 4. The number of ether oxygens (including phenoxy) is 1. The van der Waals surface area contributed by atoms with Crippen molar-refractivity contribution in [2.45, 2.75) is 36.9 Å². The fraction of sp³-hybridized carbons (Fsp3) is 0.318. The first-order valence-electron chi connectivity index (χ1n) is 9.67. The van der Waals surface area contributed by atoms with E-state index in [1.54, 1.807) is 36.5 Å². The molecule has 0 spiro atoms. The quantitative estimate of drug-likeness (QED) is 0.462. The number of thiazole rings is 1. The lowest BCUT2D eigenvalue weighted by molar-refractivity contribution is -0.231. The van der Waals surface area contributed by atoms with E-state index in [-0.39, 0.29) is 5.82 Å². The molecule has 0 saturated carbocycles. The van der Waals surface area contributed by atoms with Gasteiger partial charge in [0.1, 0.15) is 41.3 Å². The van der Waals surface area contributed by atoms with Crippen LogP contribution in [0.15, 0.2) is 48.7 Å². The summed E-state index contributed by atoms with van der Waals surface area (Å²) in [5, 5.41) is 41.1. The molecule has 9 heteroatoms. The third-order valence-corrected chi connectivity index (χ3v) is 6.72. The zero-order valence-electron chi connectivity index (χ0n) is 16.2. The lowest BCUT2D eigenvalue weighted by atomic mass is 9.90. The standard InChI is InChI=1S/C22H21ClFNO5S/c23-16-6-3-12(21-20(29)19(28)18(27)17(10-26)30-21)7-13(16)8-15-9-25-22(31-15)11-1-4-14(24)5-2-11/h1-7,9,17-21,26-29H,8,10H2/t17-,18-,19+,20-,21+/m1/s1. The second-order valence-electron chi connectivity index (χ2n) is 7.42. The Morgan fingerprint density at radius 3 is 2.48 bits per heavy atom. The third kappa shape index (κ3) is 4.65. The summed E-state index contributed by atoms with van der Waals surface area (Å²) in [6, 6.07) is 11.2. The average Bonchev–Trinajstić information content (AvgIpc) is 3.23. The number of aliphatic hydroxyl groups excluding tert-OH is 4. The van der Waals surface area contributed by atoms with Crippen molar-refractivity contribution in [2.24, 2.45) is 0 Å². The van der Waals surface area contributed by atoms with E-state index in [1.807, 2.05) is 0 Å². The van der Waals surface area contributed by atoms with Crippen LogP contribution in [0.25, 0.3) is 10.6 Å². The molecule has 5 atom stereocenters. The van der Waals surface area contributed by atoms with Crippen molar-refractivity contribution in [3.63, 3.8) is 0 Å². The molecule has 4 N–H and O–H groups in total. The molecular weight excluding hydrogens is 445 g/mol. The molecule has 4 rings (SSSR count). The van der Waals surface area contributed by atoms with Crippen LogP contribution in [0, 0.1) is 5.82 Å². The summed E-state index contributed by atoms with van der Waals surface area (Å²) in [6.45, 7) is -0.491. The Morgan fingerprint density at radius 2 is 1.77 bits per heavy atom. The Bertz CT molecular complexity index is 1040. The van der Waals surface area contributed by atoms with E-state index in [4.69, 9.17) is 16.3 Å². The smallest absolute Gasteiger partial charge is 0.123 e. The van der Waals surface area contributed by atoms with Gasteiger partial charge in [-0.05, 0) is 41.5 Å². The zero-order valence-corrected chi connectivity index (χ0v) is 17.8. The normalized spacial score (nSPS) is 26.2. The molecule has 6 nitrogen and oxygen atoms in total. The highest BCUT2D eigenvalue weighted by molar-refractivity contribution is 7.15. The molecule has 0 amide bonds. The summed E-state index contributed by atoms with van der Waals surface area (Å²) >= 11 is 7.84. The van der Waals surface area contributed by atoms with Gasteiger partial charge >= 0.3 is 0 Å². The van der Waals surface area contributed by atoms with Gasteiger partial charge in [0.05, 0.1) is 6.61 Å².